The Hall–Kier alpha value is -6.29. The fraction of sp³-hybridized carbons (Fsp3) is 0.0600. The molecule has 248 valence electrons. The summed E-state index contributed by atoms with van der Waals surface area (Å²) in [6.07, 6.45) is 0. The molecule has 0 fully saturated rings. The van der Waals surface area contributed by atoms with Gasteiger partial charge in [0, 0.05) is 26.3 Å². The predicted octanol–water partition coefficient (Wildman–Crippen LogP) is 14.0. The van der Waals surface area contributed by atoms with Crippen molar-refractivity contribution in [2.75, 3.05) is 0 Å². The highest BCUT2D eigenvalue weighted by molar-refractivity contribution is 7.26. The van der Waals surface area contributed by atoms with Crippen LogP contribution < -0.4 is 0 Å². The molecule has 0 unspecified atom stereocenters. The summed E-state index contributed by atoms with van der Waals surface area (Å²) < 4.78 is 4.92. The number of hydrogen-bond acceptors (Lipinski definition) is 2. The van der Waals surface area contributed by atoms with Gasteiger partial charge in [0.2, 0.25) is 0 Å². The Bertz CT molecular complexity index is 3360. The zero-order valence-corrected chi connectivity index (χ0v) is 30.1. The summed E-state index contributed by atoms with van der Waals surface area (Å²) in [6, 6.07) is 58.5. The number of hydrogen-bond donors (Lipinski definition) is 0. The Labute approximate surface area is 310 Å². The van der Waals surface area contributed by atoms with E-state index in [2.05, 4.69) is 176 Å². The number of pyridine rings is 1. The Morgan fingerprint density at radius 1 is 0.509 bits per heavy atom. The van der Waals surface area contributed by atoms with Crippen LogP contribution in [0.5, 0.6) is 0 Å². The molecule has 0 aliphatic heterocycles. The summed E-state index contributed by atoms with van der Waals surface area (Å²) in [7, 11) is 0. The van der Waals surface area contributed by atoms with Crippen LogP contribution in [-0.4, -0.2) is 9.38 Å². The van der Waals surface area contributed by atoms with E-state index in [1.54, 1.807) is 0 Å². The van der Waals surface area contributed by atoms with Crippen LogP contribution in [0.15, 0.2) is 158 Å². The van der Waals surface area contributed by atoms with Crippen LogP contribution in [0.25, 0.3) is 103 Å². The highest BCUT2D eigenvalue weighted by Crippen LogP contribution is 2.50. The van der Waals surface area contributed by atoms with Gasteiger partial charge in [-0.05, 0) is 90.1 Å². The van der Waals surface area contributed by atoms with Crippen molar-refractivity contribution in [1.82, 2.24) is 9.38 Å². The number of nitrogens with zero attached hydrogens (tertiary/aromatic N) is 2. The Kier molecular flexibility index (Phi) is 5.75. The third-order valence-electron chi connectivity index (χ3n) is 12.0. The van der Waals surface area contributed by atoms with Crippen LogP contribution in [0.2, 0.25) is 0 Å². The molecule has 0 amide bonds. The number of aromatic nitrogens is 2. The molecule has 3 heterocycles. The first-order valence-electron chi connectivity index (χ1n) is 18.4. The average molecular weight is 693 g/mol. The van der Waals surface area contributed by atoms with Crippen LogP contribution in [0.4, 0.5) is 0 Å². The zero-order chi connectivity index (χ0) is 35.0. The van der Waals surface area contributed by atoms with Gasteiger partial charge >= 0.3 is 0 Å². The molecule has 0 saturated carbocycles. The van der Waals surface area contributed by atoms with Gasteiger partial charge < -0.3 is 0 Å². The van der Waals surface area contributed by atoms with Crippen LogP contribution in [0.3, 0.4) is 0 Å². The van der Waals surface area contributed by atoms with Crippen molar-refractivity contribution in [3.63, 3.8) is 0 Å². The predicted molar refractivity (Wildman–Crippen MR) is 227 cm³/mol. The average Bonchev–Trinajstić information content (AvgIpc) is 3.86. The molecule has 1 aliphatic carbocycles. The molecular formula is C50H32N2S. The molecule has 8 aromatic carbocycles. The summed E-state index contributed by atoms with van der Waals surface area (Å²) in [4.78, 5) is 5.54. The summed E-state index contributed by atoms with van der Waals surface area (Å²) >= 11 is 1.85. The van der Waals surface area contributed by atoms with E-state index >= 15 is 0 Å². The lowest BCUT2D eigenvalue weighted by molar-refractivity contribution is 0.660. The quantitative estimate of drug-likeness (QED) is 0.165. The maximum Gasteiger partial charge on any atom is 0.156 e. The SMILES string of the molecule is CC1(C)c2ccccc2-c2cc(-c3ccc(-c4cc5c(sc6ccc7ccccc7c65)c5nc6c7ccc8ccccc8c7ccc6n45)cc3)ccc21. The van der Waals surface area contributed by atoms with Gasteiger partial charge in [-0.15, -0.1) is 11.3 Å². The topological polar surface area (TPSA) is 17.3 Å². The second kappa shape index (κ2) is 10.4. The second-order valence-electron chi connectivity index (χ2n) is 15.1. The summed E-state index contributed by atoms with van der Waals surface area (Å²) in [6.45, 7) is 4.68. The smallest absolute Gasteiger partial charge is 0.156 e. The Morgan fingerprint density at radius 3 is 2.06 bits per heavy atom. The van der Waals surface area contributed by atoms with Crippen molar-refractivity contribution in [2.45, 2.75) is 19.3 Å². The van der Waals surface area contributed by atoms with Crippen LogP contribution in [0.1, 0.15) is 25.0 Å². The van der Waals surface area contributed by atoms with Crippen molar-refractivity contribution in [3.8, 4) is 33.5 Å². The fourth-order valence-corrected chi connectivity index (χ4v) is 10.5. The van der Waals surface area contributed by atoms with E-state index in [4.69, 9.17) is 4.98 Å². The van der Waals surface area contributed by atoms with Crippen molar-refractivity contribution in [1.29, 1.82) is 0 Å². The van der Waals surface area contributed by atoms with E-state index in [1.807, 2.05) is 11.3 Å². The second-order valence-corrected chi connectivity index (χ2v) is 16.2. The van der Waals surface area contributed by atoms with Gasteiger partial charge in [-0.1, -0.05) is 147 Å². The first kappa shape index (κ1) is 29.3. The molecule has 53 heavy (non-hydrogen) atoms. The highest BCUT2D eigenvalue weighted by atomic mass is 32.1. The number of thiophene rings is 1. The Balaban J connectivity index is 1.11. The van der Waals surface area contributed by atoms with Crippen LogP contribution >= 0.6 is 11.3 Å². The molecule has 0 saturated heterocycles. The molecule has 11 aromatic rings. The molecule has 3 aromatic heterocycles. The number of benzene rings is 8. The minimum Gasteiger partial charge on any atom is -0.291 e. The minimum absolute atomic E-state index is 0.00147. The summed E-state index contributed by atoms with van der Waals surface area (Å²) in [5, 5.41) is 10.1. The lowest BCUT2D eigenvalue weighted by Gasteiger charge is -2.21. The Morgan fingerprint density at radius 2 is 1.19 bits per heavy atom. The molecule has 2 nitrogen and oxygen atoms in total. The van der Waals surface area contributed by atoms with E-state index in [-0.39, 0.29) is 5.41 Å². The summed E-state index contributed by atoms with van der Waals surface area (Å²) in [5.74, 6) is 0. The summed E-state index contributed by atoms with van der Waals surface area (Å²) in [5.41, 5.74) is 13.5. The molecule has 0 N–H and O–H groups in total. The van der Waals surface area contributed by atoms with Gasteiger partial charge in [-0.2, -0.15) is 0 Å². The van der Waals surface area contributed by atoms with Gasteiger partial charge in [-0.25, -0.2) is 4.98 Å². The highest BCUT2D eigenvalue weighted by Gasteiger charge is 2.35. The van der Waals surface area contributed by atoms with E-state index in [1.165, 1.54) is 91.4 Å². The lowest BCUT2D eigenvalue weighted by atomic mass is 9.82. The number of imidazole rings is 1. The minimum atomic E-state index is 0.00147. The van der Waals surface area contributed by atoms with E-state index in [0.717, 1.165) is 22.4 Å². The van der Waals surface area contributed by atoms with Gasteiger partial charge in [0.25, 0.3) is 0 Å². The lowest BCUT2D eigenvalue weighted by Crippen LogP contribution is -2.14. The van der Waals surface area contributed by atoms with E-state index < -0.39 is 0 Å². The molecule has 0 spiro atoms. The number of rotatable bonds is 2. The van der Waals surface area contributed by atoms with Crippen LogP contribution in [-0.2, 0) is 5.41 Å². The molecule has 0 radical (unpaired) electrons. The molecule has 12 rings (SSSR count). The maximum absolute atomic E-state index is 5.54. The van der Waals surface area contributed by atoms with Crippen molar-refractivity contribution in [3.05, 3.63) is 169 Å². The van der Waals surface area contributed by atoms with Crippen molar-refractivity contribution < 1.29 is 0 Å². The third kappa shape index (κ3) is 3.95. The molecule has 0 bridgehead atoms. The first-order valence-corrected chi connectivity index (χ1v) is 19.2. The number of fused-ring (bicyclic) bond motifs is 16. The van der Waals surface area contributed by atoms with Gasteiger partial charge in [0.15, 0.2) is 5.65 Å². The molecule has 3 heteroatoms. The monoisotopic (exact) mass is 692 g/mol. The maximum atomic E-state index is 5.54. The van der Waals surface area contributed by atoms with Gasteiger partial charge in [0.1, 0.15) is 0 Å². The largest absolute Gasteiger partial charge is 0.291 e. The van der Waals surface area contributed by atoms with Crippen molar-refractivity contribution >= 4 is 80.5 Å². The molecule has 0 atom stereocenters. The zero-order valence-electron chi connectivity index (χ0n) is 29.3. The standard InChI is InChI=1S/C50H32N2S/c1-50(2)41-14-8-7-13-37(41)39-27-33(20-24-42(39)50)29-15-17-32(18-16-29)44-28-40-46-35-12-6-4-10-31(35)21-26-45(46)53-48(40)49-51-47-38-22-19-30-9-3-5-11-34(30)36(38)23-25-43(47)52(44)49/h3-28H,1-2H3. The molecular weight excluding hydrogens is 661 g/mol. The normalized spacial score (nSPS) is 13.6. The van der Waals surface area contributed by atoms with Crippen LogP contribution in [0, 0.1) is 0 Å². The molecule has 1 aliphatic rings. The van der Waals surface area contributed by atoms with E-state index in [9.17, 15) is 0 Å². The third-order valence-corrected chi connectivity index (χ3v) is 13.2. The first-order chi connectivity index (χ1) is 26.0. The van der Waals surface area contributed by atoms with E-state index in [0.29, 0.717) is 0 Å². The fourth-order valence-electron chi connectivity index (χ4n) is 9.37. The van der Waals surface area contributed by atoms with Gasteiger partial charge in [0.05, 0.1) is 21.4 Å². The van der Waals surface area contributed by atoms with Gasteiger partial charge in [-0.3, -0.25) is 4.40 Å². The van der Waals surface area contributed by atoms with Crippen molar-refractivity contribution in [2.24, 2.45) is 0 Å².